The van der Waals surface area contributed by atoms with Crippen molar-refractivity contribution in [2.24, 2.45) is 0 Å². The van der Waals surface area contributed by atoms with Crippen molar-refractivity contribution < 1.29 is 12.8 Å². The molecular weight excluding hydrogens is 318 g/mol. The first-order valence-corrected chi connectivity index (χ1v) is 9.15. The number of aryl methyl sites for hydroxylation is 2. The van der Waals surface area contributed by atoms with Gasteiger partial charge in [-0.3, -0.25) is 4.68 Å². The molecule has 8 nitrogen and oxygen atoms in total. The summed E-state index contributed by atoms with van der Waals surface area (Å²) < 4.78 is 36.5. The molecule has 23 heavy (non-hydrogen) atoms. The molecule has 1 unspecified atom stereocenters. The number of rotatable bonds is 7. The van der Waals surface area contributed by atoms with Crippen molar-refractivity contribution in [1.82, 2.24) is 23.8 Å². The summed E-state index contributed by atoms with van der Waals surface area (Å²) in [7, 11) is -3.51. The number of hydrogen-bond donors (Lipinski definition) is 1. The first-order chi connectivity index (χ1) is 11.1. The Hall–Kier alpha value is -1.71. The normalized spacial score (nSPS) is 19.4. The molecule has 2 aromatic heterocycles. The molecule has 1 N–H and O–H groups in total. The lowest BCUT2D eigenvalue weighted by atomic mass is 10.2. The van der Waals surface area contributed by atoms with Gasteiger partial charge in [-0.25, -0.2) is 9.71 Å². The van der Waals surface area contributed by atoms with Crippen LogP contribution in [0.3, 0.4) is 0 Å². The van der Waals surface area contributed by atoms with Crippen molar-refractivity contribution >= 4 is 10.2 Å². The smallest absolute Gasteiger partial charge is 0.280 e. The molecule has 9 heteroatoms. The second-order valence-corrected chi connectivity index (χ2v) is 7.34. The predicted octanol–water partition coefficient (Wildman–Crippen LogP) is 1.24. The second-order valence-electron chi connectivity index (χ2n) is 5.63. The Morgan fingerprint density at radius 1 is 1.43 bits per heavy atom. The lowest BCUT2D eigenvalue weighted by Gasteiger charge is -2.22. The van der Waals surface area contributed by atoms with E-state index in [1.54, 1.807) is 11.0 Å². The quantitative estimate of drug-likeness (QED) is 0.766. The Morgan fingerprint density at radius 3 is 3.00 bits per heavy atom. The molecule has 1 aliphatic rings. The van der Waals surface area contributed by atoms with Crippen molar-refractivity contribution in [1.29, 1.82) is 0 Å². The molecule has 0 spiro atoms. The van der Waals surface area contributed by atoms with Crippen LogP contribution in [0.5, 0.6) is 0 Å². The highest BCUT2D eigenvalue weighted by Crippen LogP contribution is 2.34. The fraction of sp³-hybridized carbons (Fsp3) is 0.571. The molecule has 2 aromatic rings. The fourth-order valence-electron chi connectivity index (χ4n) is 2.82. The van der Waals surface area contributed by atoms with Crippen LogP contribution in [0.15, 0.2) is 29.2 Å². The zero-order chi connectivity index (χ0) is 16.3. The Balaban J connectivity index is 1.57. The summed E-state index contributed by atoms with van der Waals surface area (Å²) in [6.45, 7) is 3.37. The van der Waals surface area contributed by atoms with E-state index >= 15 is 0 Å². The molecule has 0 amide bonds. The van der Waals surface area contributed by atoms with E-state index in [0.29, 0.717) is 31.8 Å². The topological polar surface area (TPSA) is 93.3 Å². The predicted molar refractivity (Wildman–Crippen MR) is 83.7 cm³/mol. The highest BCUT2D eigenvalue weighted by atomic mass is 32.2. The van der Waals surface area contributed by atoms with Gasteiger partial charge in [0, 0.05) is 19.6 Å². The van der Waals surface area contributed by atoms with Crippen molar-refractivity contribution in [2.75, 3.05) is 13.1 Å². The summed E-state index contributed by atoms with van der Waals surface area (Å²) in [6, 6.07) is 3.51. The highest BCUT2D eigenvalue weighted by molar-refractivity contribution is 7.87. The van der Waals surface area contributed by atoms with Gasteiger partial charge in [-0.05, 0) is 38.3 Å². The van der Waals surface area contributed by atoms with Gasteiger partial charge in [-0.1, -0.05) is 0 Å². The van der Waals surface area contributed by atoms with E-state index in [2.05, 4.69) is 14.8 Å². The van der Waals surface area contributed by atoms with Crippen LogP contribution in [-0.4, -0.2) is 40.6 Å². The summed E-state index contributed by atoms with van der Waals surface area (Å²) >= 11 is 0. The molecule has 0 aromatic carbocycles. The molecule has 126 valence electrons. The van der Waals surface area contributed by atoms with Crippen molar-refractivity contribution in [3.8, 4) is 0 Å². The summed E-state index contributed by atoms with van der Waals surface area (Å²) in [5.41, 5.74) is 0. The molecule has 1 aliphatic heterocycles. The van der Waals surface area contributed by atoms with Gasteiger partial charge in [0.05, 0.1) is 6.04 Å². The summed E-state index contributed by atoms with van der Waals surface area (Å²) in [5.74, 6) is 1.51. The number of hydrogen-bond acceptors (Lipinski definition) is 5. The molecule has 1 saturated heterocycles. The third-order valence-electron chi connectivity index (χ3n) is 3.92. The third kappa shape index (κ3) is 3.80. The fourth-order valence-corrected chi connectivity index (χ4v) is 4.30. The Bertz CT molecular complexity index is 725. The lowest BCUT2D eigenvalue weighted by molar-refractivity contribution is 0.330. The summed E-state index contributed by atoms with van der Waals surface area (Å²) in [6.07, 6.45) is 5.35. The van der Waals surface area contributed by atoms with Gasteiger partial charge in [0.1, 0.15) is 24.2 Å². The van der Waals surface area contributed by atoms with E-state index in [1.165, 1.54) is 10.6 Å². The largest absolute Gasteiger partial charge is 0.465 e. The third-order valence-corrected chi connectivity index (χ3v) is 5.54. The second kappa shape index (κ2) is 6.81. The zero-order valence-electron chi connectivity index (χ0n) is 13.1. The van der Waals surface area contributed by atoms with Crippen molar-refractivity contribution in [3.63, 3.8) is 0 Å². The highest BCUT2D eigenvalue weighted by Gasteiger charge is 2.36. The molecule has 3 heterocycles. The monoisotopic (exact) mass is 339 g/mol. The van der Waals surface area contributed by atoms with Crippen molar-refractivity contribution in [2.45, 2.75) is 38.8 Å². The maximum Gasteiger partial charge on any atom is 0.280 e. The Kier molecular flexibility index (Phi) is 4.79. The van der Waals surface area contributed by atoms with Crippen LogP contribution in [-0.2, 0) is 16.8 Å². The van der Waals surface area contributed by atoms with E-state index < -0.39 is 10.2 Å². The summed E-state index contributed by atoms with van der Waals surface area (Å²) in [4.78, 5) is 3.85. The minimum absolute atomic E-state index is 0.212. The minimum Gasteiger partial charge on any atom is -0.465 e. The zero-order valence-corrected chi connectivity index (χ0v) is 13.9. The van der Waals surface area contributed by atoms with Crippen molar-refractivity contribution in [3.05, 3.63) is 36.3 Å². The van der Waals surface area contributed by atoms with Gasteiger partial charge in [-0.15, -0.1) is 0 Å². The van der Waals surface area contributed by atoms with Crippen LogP contribution in [0.4, 0.5) is 0 Å². The Morgan fingerprint density at radius 2 is 2.30 bits per heavy atom. The van der Waals surface area contributed by atoms with Crippen LogP contribution in [0.1, 0.15) is 36.8 Å². The maximum atomic E-state index is 12.5. The van der Waals surface area contributed by atoms with Gasteiger partial charge in [0.2, 0.25) is 0 Å². The molecule has 1 atom stereocenters. The molecule has 1 fully saturated rings. The molecule has 0 aliphatic carbocycles. The van der Waals surface area contributed by atoms with Crippen LogP contribution in [0.2, 0.25) is 0 Å². The van der Waals surface area contributed by atoms with Gasteiger partial charge in [0.25, 0.3) is 10.2 Å². The lowest BCUT2D eigenvalue weighted by Crippen LogP contribution is -2.40. The van der Waals surface area contributed by atoms with E-state index in [1.807, 2.05) is 19.1 Å². The molecule has 0 saturated carbocycles. The SMILES string of the molecule is Cc1ccc(C2CCCN2S(=O)(=O)NCCCn2cncn2)o1. The molecule has 3 rings (SSSR count). The molecule has 0 radical (unpaired) electrons. The van der Waals surface area contributed by atoms with Gasteiger partial charge >= 0.3 is 0 Å². The average Bonchev–Trinajstić information content (AvgIpc) is 3.24. The number of aromatic nitrogens is 3. The van der Waals surface area contributed by atoms with E-state index in [-0.39, 0.29) is 6.04 Å². The van der Waals surface area contributed by atoms with Gasteiger partial charge < -0.3 is 4.42 Å². The van der Waals surface area contributed by atoms with Crippen LogP contribution in [0.25, 0.3) is 0 Å². The first-order valence-electron chi connectivity index (χ1n) is 7.71. The maximum absolute atomic E-state index is 12.5. The van der Waals surface area contributed by atoms with Gasteiger partial charge in [-0.2, -0.15) is 17.8 Å². The van der Waals surface area contributed by atoms with E-state index in [9.17, 15) is 8.42 Å². The Labute approximate surface area is 135 Å². The van der Waals surface area contributed by atoms with E-state index in [4.69, 9.17) is 4.42 Å². The van der Waals surface area contributed by atoms with E-state index in [0.717, 1.165) is 18.6 Å². The minimum atomic E-state index is -3.51. The number of nitrogens with one attached hydrogen (secondary N) is 1. The van der Waals surface area contributed by atoms with Gasteiger partial charge in [0.15, 0.2) is 0 Å². The van der Waals surface area contributed by atoms with Crippen LogP contribution < -0.4 is 4.72 Å². The average molecular weight is 339 g/mol. The van der Waals surface area contributed by atoms with Crippen LogP contribution >= 0.6 is 0 Å². The standard InChI is InChI=1S/C14H21N5O3S/c1-12-5-6-14(22-12)13-4-2-9-19(13)23(20,21)17-7-3-8-18-11-15-10-16-18/h5-6,10-11,13,17H,2-4,7-9H2,1H3. The molecular formula is C14H21N5O3S. The van der Waals surface area contributed by atoms with Crippen LogP contribution in [0, 0.1) is 6.92 Å². The number of nitrogens with zero attached hydrogens (tertiary/aromatic N) is 4. The first kappa shape index (κ1) is 16.2. The number of furan rings is 1. The molecule has 0 bridgehead atoms. The summed E-state index contributed by atoms with van der Waals surface area (Å²) in [5, 5.41) is 3.99.